The van der Waals surface area contributed by atoms with Crippen LogP contribution in [0, 0.1) is 15.9 Å². The molecule has 0 spiro atoms. The van der Waals surface area contributed by atoms with Gasteiger partial charge in [-0.3, -0.25) is 10.1 Å². The highest BCUT2D eigenvalue weighted by molar-refractivity contribution is 5.59. The first-order chi connectivity index (χ1) is 10.1. The fourth-order valence-corrected chi connectivity index (χ4v) is 1.90. The van der Waals surface area contributed by atoms with Crippen LogP contribution in [-0.4, -0.2) is 33.4 Å². The van der Waals surface area contributed by atoms with Gasteiger partial charge in [0.1, 0.15) is 11.6 Å². The zero-order chi connectivity index (χ0) is 15.4. The normalized spacial score (nSPS) is 10.8. The van der Waals surface area contributed by atoms with E-state index in [9.17, 15) is 14.5 Å². The van der Waals surface area contributed by atoms with Crippen LogP contribution in [0.2, 0.25) is 0 Å². The molecule has 1 aromatic carbocycles. The fraction of sp³-hybridized carbons (Fsp3) is 0.333. The summed E-state index contributed by atoms with van der Waals surface area (Å²) in [6.45, 7) is 0.930. The number of hydrogen-bond acceptors (Lipinski definition) is 6. The van der Waals surface area contributed by atoms with Gasteiger partial charge in [0.15, 0.2) is 5.82 Å². The van der Waals surface area contributed by atoms with Crippen LogP contribution in [0.1, 0.15) is 5.82 Å². The number of halogens is 1. The van der Waals surface area contributed by atoms with Crippen molar-refractivity contribution in [3.63, 3.8) is 0 Å². The van der Waals surface area contributed by atoms with Crippen molar-refractivity contribution in [2.75, 3.05) is 13.7 Å². The lowest BCUT2D eigenvalue weighted by molar-refractivity contribution is -0.385. The van der Waals surface area contributed by atoms with Crippen LogP contribution in [0.15, 0.2) is 18.2 Å². The molecule has 0 aliphatic rings. The van der Waals surface area contributed by atoms with Crippen molar-refractivity contribution < 1.29 is 14.1 Å². The van der Waals surface area contributed by atoms with E-state index in [2.05, 4.69) is 10.2 Å². The van der Waals surface area contributed by atoms with Crippen molar-refractivity contribution in [3.05, 3.63) is 40.0 Å². The Morgan fingerprint density at radius 2 is 2.24 bits per heavy atom. The number of rotatable bonds is 6. The highest BCUT2D eigenvalue weighted by Gasteiger charge is 2.18. The van der Waals surface area contributed by atoms with E-state index >= 15 is 0 Å². The molecule has 21 heavy (non-hydrogen) atoms. The van der Waals surface area contributed by atoms with Crippen LogP contribution < -0.4 is 5.73 Å². The van der Waals surface area contributed by atoms with Gasteiger partial charge in [-0.05, 0) is 6.07 Å². The summed E-state index contributed by atoms with van der Waals surface area (Å²) < 4.78 is 20.7. The van der Waals surface area contributed by atoms with Gasteiger partial charge < -0.3 is 15.0 Å². The molecule has 0 unspecified atom stereocenters. The third-order valence-corrected chi connectivity index (χ3v) is 2.93. The summed E-state index contributed by atoms with van der Waals surface area (Å²) in [6, 6.07) is 3.38. The maximum Gasteiger partial charge on any atom is 0.272 e. The molecule has 2 N–H and O–H groups in total. The molecular formula is C12H14FN5O3. The smallest absolute Gasteiger partial charge is 0.272 e. The maximum absolute atomic E-state index is 14.1. The summed E-state index contributed by atoms with van der Waals surface area (Å²) in [5.41, 5.74) is 5.38. The van der Waals surface area contributed by atoms with Gasteiger partial charge in [0.2, 0.25) is 0 Å². The lowest BCUT2D eigenvalue weighted by Gasteiger charge is -2.09. The highest BCUT2D eigenvalue weighted by Crippen LogP contribution is 2.25. The van der Waals surface area contributed by atoms with Gasteiger partial charge in [-0.25, -0.2) is 4.39 Å². The Labute approximate surface area is 119 Å². The number of nitrogens with two attached hydrogens (primary N) is 1. The topological polar surface area (TPSA) is 109 Å². The largest absolute Gasteiger partial charge is 0.383 e. The molecule has 0 radical (unpaired) electrons. The van der Waals surface area contributed by atoms with Crippen LogP contribution in [0.25, 0.3) is 11.4 Å². The molecule has 112 valence electrons. The molecule has 0 aliphatic heterocycles. The third-order valence-electron chi connectivity index (χ3n) is 2.93. The second-order valence-electron chi connectivity index (χ2n) is 4.21. The van der Waals surface area contributed by atoms with Crippen LogP contribution in [-0.2, 0) is 17.8 Å². The molecule has 0 saturated heterocycles. The number of nitro benzene ring substituents is 1. The van der Waals surface area contributed by atoms with Gasteiger partial charge in [-0.1, -0.05) is 0 Å². The van der Waals surface area contributed by atoms with Crippen molar-refractivity contribution in [1.82, 2.24) is 14.8 Å². The number of ether oxygens (including phenoxy) is 1. The molecule has 0 amide bonds. The van der Waals surface area contributed by atoms with E-state index in [0.717, 1.165) is 6.07 Å². The minimum atomic E-state index is -0.737. The molecule has 0 bridgehead atoms. The molecule has 2 aromatic rings. The van der Waals surface area contributed by atoms with Crippen LogP contribution >= 0.6 is 0 Å². The van der Waals surface area contributed by atoms with E-state index in [-0.39, 0.29) is 23.6 Å². The summed E-state index contributed by atoms with van der Waals surface area (Å²) in [6.07, 6.45) is 0. The summed E-state index contributed by atoms with van der Waals surface area (Å²) in [4.78, 5) is 9.97. The average Bonchev–Trinajstić information content (AvgIpc) is 2.87. The molecule has 8 nitrogen and oxygen atoms in total. The lowest BCUT2D eigenvalue weighted by Crippen LogP contribution is -2.13. The average molecular weight is 295 g/mol. The van der Waals surface area contributed by atoms with Crippen LogP contribution in [0.4, 0.5) is 10.1 Å². The number of hydrogen-bond donors (Lipinski definition) is 1. The van der Waals surface area contributed by atoms with Gasteiger partial charge in [-0.15, -0.1) is 10.2 Å². The zero-order valence-corrected chi connectivity index (χ0v) is 11.3. The number of nitrogens with zero attached hydrogens (tertiary/aromatic N) is 4. The van der Waals surface area contributed by atoms with Gasteiger partial charge in [-0.2, -0.15) is 0 Å². The first kappa shape index (κ1) is 15.0. The first-order valence-corrected chi connectivity index (χ1v) is 6.14. The van der Waals surface area contributed by atoms with Gasteiger partial charge in [0.05, 0.1) is 29.7 Å². The number of aromatic nitrogens is 3. The van der Waals surface area contributed by atoms with E-state index in [1.807, 2.05) is 0 Å². The number of methoxy groups -OCH3 is 1. The third kappa shape index (κ3) is 3.03. The van der Waals surface area contributed by atoms with Crippen molar-refractivity contribution in [2.24, 2.45) is 5.73 Å². The second-order valence-corrected chi connectivity index (χ2v) is 4.21. The Hall–Kier alpha value is -2.39. The number of benzene rings is 1. The van der Waals surface area contributed by atoms with Gasteiger partial charge in [0.25, 0.3) is 5.69 Å². The predicted octanol–water partition coefficient (Wildman–Crippen LogP) is 1.10. The highest BCUT2D eigenvalue weighted by atomic mass is 19.1. The van der Waals surface area contributed by atoms with Crippen LogP contribution in [0.3, 0.4) is 0 Å². The van der Waals surface area contributed by atoms with Crippen molar-refractivity contribution in [3.8, 4) is 11.4 Å². The minimum absolute atomic E-state index is 0.129. The van der Waals surface area contributed by atoms with Crippen molar-refractivity contribution in [2.45, 2.75) is 13.1 Å². The lowest BCUT2D eigenvalue weighted by atomic mass is 10.2. The molecule has 0 saturated carbocycles. The number of non-ortho nitro benzene ring substituents is 1. The molecule has 0 aliphatic carbocycles. The Kier molecular flexibility index (Phi) is 4.55. The van der Waals surface area contributed by atoms with Crippen LogP contribution in [0.5, 0.6) is 0 Å². The Morgan fingerprint density at radius 1 is 1.48 bits per heavy atom. The second kappa shape index (κ2) is 6.37. The Morgan fingerprint density at radius 3 is 2.81 bits per heavy atom. The van der Waals surface area contributed by atoms with E-state index in [1.54, 1.807) is 11.7 Å². The summed E-state index contributed by atoms with van der Waals surface area (Å²) >= 11 is 0. The summed E-state index contributed by atoms with van der Waals surface area (Å²) in [5, 5.41) is 18.4. The van der Waals surface area contributed by atoms with E-state index < -0.39 is 10.7 Å². The first-order valence-electron chi connectivity index (χ1n) is 6.14. The van der Waals surface area contributed by atoms with Crippen molar-refractivity contribution in [1.29, 1.82) is 0 Å². The quantitative estimate of drug-likeness (QED) is 0.631. The standard InChI is InChI=1S/C12H14FN5O3/c1-21-5-4-17-11(7-14)15-16-12(17)9-3-2-8(18(19)20)6-10(9)13/h2-3,6H,4-5,7,14H2,1H3. The molecular weight excluding hydrogens is 281 g/mol. The molecule has 1 aromatic heterocycles. The van der Waals surface area contributed by atoms with Gasteiger partial charge in [0, 0.05) is 19.7 Å². The maximum atomic E-state index is 14.1. The SMILES string of the molecule is COCCn1c(CN)nnc1-c1ccc([N+](=O)[O-])cc1F. The predicted molar refractivity (Wildman–Crippen MR) is 71.8 cm³/mol. The summed E-state index contributed by atoms with van der Waals surface area (Å²) in [7, 11) is 1.54. The molecule has 9 heteroatoms. The zero-order valence-electron chi connectivity index (χ0n) is 11.3. The molecule has 2 rings (SSSR count). The molecule has 1 heterocycles. The van der Waals surface area contributed by atoms with E-state index in [4.69, 9.17) is 10.5 Å². The minimum Gasteiger partial charge on any atom is -0.383 e. The molecule has 0 atom stereocenters. The van der Waals surface area contributed by atoms with E-state index in [1.165, 1.54) is 12.1 Å². The fourth-order valence-electron chi connectivity index (χ4n) is 1.90. The Balaban J connectivity index is 2.46. The van der Waals surface area contributed by atoms with Gasteiger partial charge >= 0.3 is 0 Å². The monoisotopic (exact) mass is 295 g/mol. The van der Waals surface area contributed by atoms with E-state index in [0.29, 0.717) is 19.0 Å². The van der Waals surface area contributed by atoms with Crippen molar-refractivity contribution >= 4 is 5.69 Å². The number of nitro groups is 1. The Bertz CT molecular complexity index is 658. The molecule has 0 fully saturated rings. The summed E-state index contributed by atoms with van der Waals surface area (Å²) in [5.74, 6) is 0.0125.